The Morgan fingerprint density at radius 2 is 2.33 bits per heavy atom. The number of hydrogen-bond donors (Lipinski definition) is 3. The molecule has 8 heteroatoms. The molecule has 8 nitrogen and oxygen atoms in total. The Bertz CT molecular complexity index is 464. The molecule has 1 rings (SSSR count). The van der Waals surface area contributed by atoms with Gasteiger partial charge >= 0.3 is 5.97 Å². The summed E-state index contributed by atoms with van der Waals surface area (Å²) in [5.74, 6) is -1.53. The van der Waals surface area contributed by atoms with Crippen LogP contribution in [0.15, 0.2) is 17.2 Å². The number of amides is 1. The maximum atomic E-state index is 11.6. The van der Waals surface area contributed by atoms with Crippen LogP contribution >= 0.6 is 0 Å². The summed E-state index contributed by atoms with van der Waals surface area (Å²) in [6.45, 7) is 0.0441. The highest BCUT2D eigenvalue weighted by molar-refractivity contribution is 5.91. The third-order valence-electron chi connectivity index (χ3n) is 2.13. The lowest BCUT2D eigenvalue weighted by Crippen LogP contribution is -2.35. The van der Waals surface area contributed by atoms with Crippen molar-refractivity contribution in [1.82, 2.24) is 15.3 Å². The first-order valence-electron chi connectivity index (χ1n) is 5.10. The van der Waals surface area contributed by atoms with E-state index in [2.05, 4.69) is 15.3 Å². The lowest BCUT2D eigenvalue weighted by Gasteiger charge is -2.13. The van der Waals surface area contributed by atoms with Crippen molar-refractivity contribution in [3.63, 3.8) is 0 Å². The predicted molar refractivity (Wildman–Crippen MR) is 60.2 cm³/mol. The van der Waals surface area contributed by atoms with Gasteiger partial charge in [0.2, 0.25) is 0 Å². The fourth-order valence-electron chi connectivity index (χ4n) is 1.20. The van der Waals surface area contributed by atoms with E-state index in [1.54, 1.807) is 0 Å². The molecular weight excluding hydrogens is 242 g/mol. The SMILES string of the molecule is COC(CNC(=O)c1c[nH]c(=O)cn1)CC(=O)O. The van der Waals surface area contributed by atoms with Crippen LogP contribution in [0.3, 0.4) is 0 Å². The van der Waals surface area contributed by atoms with E-state index in [0.717, 1.165) is 6.20 Å². The molecule has 0 saturated heterocycles. The van der Waals surface area contributed by atoms with E-state index in [1.807, 2.05) is 0 Å². The number of carbonyl (C=O) groups excluding carboxylic acids is 1. The van der Waals surface area contributed by atoms with Crippen molar-refractivity contribution in [2.24, 2.45) is 0 Å². The van der Waals surface area contributed by atoms with Crippen molar-refractivity contribution in [2.75, 3.05) is 13.7 Å². The molecule has 0 saturated carbocycles. The molecule has 0 aliphatic rings. The Morgan fingerprint density at radius 1 is 1.61 bits per heavy atom. The summed E-state index contributed by atoms with van der Waals surface area (Å²) >= 11 is 0. The van der Waals surface area contributed by atoms with Gasteiger partial charge in [-0.1, -0.05) is 0 Å². The number of H-pyrrole nitrogens is 1. The molecule has 0 fully saturated rings. The second-order valence-corrected chi connectivity index (χ2v) is 3.46. The highest BCUT2D eigenvalue weighted by Gasteiger charge is 2.14. The summed E-state index contributed by atoms with van der Waals surface area (Å²) in [6, 6.07) is 0. The first kappa shape index (κ1) is 13.8. The molecule has 0 radical (unpaired) electrons. The van der Waals surface area contributed by atoms with E-state index >= 15 is 0 Å². The van der Waals surface area contributed by atoms with E-state index < -0.39 is 23.5 Å². The molecule has 0 aliphatic heterocycles. The Balaban J connectivity index is 2.52. The largest absolute Gasteiger partial charge is 0.481 e. The van der Waals surface area contributed by atoms with Crippen molar-refractivity contribution in [3.05, 3.63) is 28.4 Å². The highest BCUT2D eigenvalue weighted by atomic mass is 16.5. The maximum absolute atomic E-state index is 11.6. The molecule has 1 unspecified atom stereocenters. The predicted octanol–water partition coefficient (Wildman–Crippen LogP) is -1.01. The number of carboxylic acids is 1. The molecule has 1 heterocycles. The zero-order valence-corrected chi connectivity index (χ0v) is 9.67. The Labute approximate surface area is 102 Å². The summed E-state index contributed by atoms with van der Waals surface area (Å²) in [4.78, 5) is 38.7. The molecule has 0 aromatic carbocycles. The summed E-state index contributed by atoms with van der Waals surface area (Å²) in [6.07, 6.45) is 1.33. The lowest BCUT2D eigenvalue weighted by molar-refractivity contribution is -0.139. The van der Waals surface area contributed by atoms with Crippen molar-refractivity contribution >= 4 is 11.9 Å². The average Bonchev–Trinajstić information content (AvgIpc) is 2.34. The number of hydrogen-bond acceptors (Lipinski definition) is 5. The number of nitrogens with zero attached hydrogens (tertiary/aromatic N) is 1. The third-order valence-corrected chi connectivity index (χ3v) is 2.13. The minimum Gasteiger partial charge on any atom is -0.481 e. The Morgan fingerprint density at radius 3 is 2.83 bits per heavy atom. The van der Waals surface area contributed by atoms with Gasteiger partial charge in [-0.3, -0.25) is 14.4 Å². The van der Waals surface area contributed by atoms with Crippen LogP contribution in [0.1, 0.15) is 16.9 Å². The van der Waals surface area contributed by atoms with Gasteiger partial charge in [-0.2, -0.15) is 0 Å². The monoisotopic (exact) mass is 255 g/mol. The van der Waals surface area contributed by atoms with E-state index in [-0.39, 0.29) is 18.7 Å². The fourth-order valence-corrected chi connectivity index (χ4v) is 1.20. The van der Waals surface area contributed by atoms with Crippen molar-refractivity contribution < 1.29 is 19.4 Å². The first-order valence-corrected chi connectivity index (χ1v) is 5.10. The third kappa shape index (κ3) is 4.34. The van der Waals surface area contributed by atoms with Crippen LogP contribution in [0.4, 0.5) is 0 Å². The lowest BCUT2D eigenvalue weighted by atomic mass is 10.2. The van der Waals surface area contributed by atoms with E-state index in [9.17, 15) is 14.4 Å². The van der Waals surface area contributed by atoms with Gasteiger partial charge in [0.1, 0.15) is 5.69 Å². The minimum absolute atomic E-state index is 0.0415. The second-order valence-electron chi connectivity index (χ2n) is 3.46. The van der Waals surface area contributed by atoms with Crippen molar-refractivity contribution in [2.45, 2.75) is 12.5 Å². The number of aromatic nitrogens is 2. The molecule has 1 aromatic heterocycles. The number of rotatable bonds is 6. The number of carbonyl (C=O) groups is 2. The summed E-state index contributed by atoms with van der Waals surface area (Å²) < 4.78 is 4.89. The van der Waals surface area contributed by atoms with Gasteiger partial charge in [0.05, 0.1) is 18.7 Å². The second kappa shape index (κ2) is 6.50. The molecule has 0 bridgehead atoms. The Hall–Kier alpha value is -2.22. The quantitative estimate of drug-likeness (QED) is 0.598. The molecule has 98 valence electrons. The van der Waals surface area contributed by atoms with Crippen LogP contribution < -0.4 is 10.9 Å². The first-order chi connectivity index (χ1) is 8.52. The van der Waals surface area contributed by atoms with E-state index in [1.165, 1.54) is 13.3 Å². The van der Waals surface area contributed by atoms with Crippen molar-refractivity contribution in [1.29, 1.82) is 0 Å². The van der Waals surface area contributed by atoms with Crippen LogP contribution in [0.2, 0.25) is 0 Å². The topological polar surface area (TPSA) is 121 Å². The highest BCUT2D eigenvalue weighted by Crippen LogP contribution is 1.96. The molecule has 1 atom stereocenters. The van der Waals surface area contributed by atoms with Gasteiger partial charge in [-0.05, 0) is 0 Å². The van der Waals surface area contributed by atoms with Gasteiger partial charge in [-0.15, -0.1) is 0 Å². The van der Waals surface area contributed by atoms with Gasteiger partial charge < -0.3 is 20.1 Å². The number of aromatic amines is 1. The van der Waals surface area contributed by atoms with Crippen LogP contribution in [-0.4, -0.2) is 46.7 Å². The summed E-state index contributed by atoms with van der Waals surface area (Å²) in [7, 11) is 1.36. The average molecular weight is 255 g/mol. The molecule has 0 spiro atoms. The van der Waals surface area contributed by atoms with Gasteiger partial charge in [0.25, 0.3) is 11.5 Å². The molecule has 3 N–H and O–H groups in total. The summed E-state index contributed by atoms with van der Waals surface area (Å²) in [5.41, 5.74) is -0.369. The van der Waals surface area contributed by atoms with E-state index in [4.69, 9.17) is 9.84 Å². The van der Waals surface area contributed by atoms with Crippen LogP contribution in [0, 0.1) is 0 Å². The van der Waals surface area contributed by atoms with Gasteiger partial charge in [-0.25, -0.2) is 4.98 Å². The zero-order valence-electron chi connectivity index (χ0n) is 9.67. The van der Waals surface area contributed by atoms with Crippen LogP contribution in [-0.2, 0) is 9.53 Å². The minimum atomic E-state index is -1.02. The molecule has 1 aromatic rings. The maximum Gasteiger partial charge on any atom is 0.306 e. The fraction of sp³-hybridized carbons (Fsp3) is 0.400. The number of ether oxygens (including phenoxy) is 1. The normalized spacial score (nSPS) is 11.8. The summed E-state index contributed by atoms with van der Waals surface area (Å²) in [5, 5.41) is 11.0. The number of aliphatic carboxylic acids is 1. The number of methoxy groups -OCH3 is 1. The molecule has 1 amide bonds. The molecule has 0 aliphatic carbocycles. The Kier molecular flexibility index (Phi) is 5.00. The van der Waals surface area contributed by atoms with Gasteiger partial charge in [0, 0.05) is 19.9 Å². The number of carboxylic acid groups (broad SMARTS) is 1. The molecule has 18 heavy (non-hydrogen) atoms. The standard InChI is InChI=1S/C10H13N3O5/c1-18-6(2-9(15)16)3-13-10(17)7-4-12-8(14)5-11-7/h4-6H,2-3H2,1H3,(H,12,14)(H,13,17)(H,15,16). The zero-order chi connectivity index (χ0) is 13.5. The van der Waals surface area contributed by atoms with Crippen molar-refractivity contribution in [3.8, 4) is 0 Å². The van der Waals surface area contributed by atoms with E-state index in [0.29, 0.717) is 0 Å². The number of nitrogens with one attached hydrogen (secondary N) is 2. The van der Waals surface area contributed by atoms with Crippen LogP contribution in [0.25, 0.3) is 0 Å². The molecular formula is C10H13N3O5. The van der Waals surface area contributed by atoms with Crippen LogP contribution in [0.5, 0.6) is 0 Å². The van der Waals surface area contributed by atoms with Gasteiger partial charge in [0.15, 0.2) is 0 Å². The smallest absolute Gasteiger partial charge is 0.306 e.